The second-order valence-electron chi connectivity index (χ2n) is 3.16. The number of carbonyl (C=O) groups excluding carboxylic acids is 1. The van der Waals surface area contributed by atoms with Gasteiger partial charge in [0.2, 0.25) is 5.82 Å². The van der Waals surface area contributed by atoms with Crippen molar-refractivity contribution in [3.05, 3.63) is 30.2 Å². The Morgan fingerprint density at radius 3 is 2.72 bits per heavy atom. The van der Waals surface area contributed by atoms with Gasteiger partial charge in [0.1, 0.15) is 5.75 Å². The zero-order chi connectivity index (χ0) is 13.2. The molecular weight excluding hydrogens is 253 g/mol. The van der Waals surface area contributed by atoms with Crippen LogP contribution in [0.4, 0.5) is 13.2 Å². The number of benzene rings is 1. The van der Waals surface area contributed by atoms with Crippen LogP contribution in [0.5, 0.6) is 5.75 Å². The normalized spacial score (nSPS) is 11.3. The fraction of sp³-hybridized carbons (Fsp3) is 0.100. The van der Waals surface area contributed by atoms with Crippen molar-refractivity contribution in [2.75, 3.05) is 0 Å². The van der Waals surface area contributed by atoms with Gasteiger partial charge in [-0.3, -0.25) is 4.79 Å². The van der Waals surface area contributed by atoms with Gasteiger partial charge < -0.3 is 9.26 Å². The van der Waals surface area contributed by atoms with Crippen molar-refractivity contribution in [3.63, 3.8) is 0 Å². The standard InChI is InChI=1S/C10H5F3N2O3/c11-10(12,13)9-14-8(15-18-9)6-2-1-3-7(4-6)17-5-16/h1-5H. The fourth-order valence-corrected chi connectivity index (χ4v) is 1.22. The summed E-state index contributed by atoms with van der Waals surface area (Å²) in [6, 6.07) is 5.72. The minimum atomic E-state index is -4.69. The molecule has 5 nitrogen and oxygen atoms in total. The Hall–Kier alpha value is -2.38. The number of carbonyl (C=O) groups is 1. The Kier molecular flexibility index (Phi) is 3.00. The highest BCUT2D eigenvalue weighted by molar-refractivity contribution is 5.58. The van der Waals surface area contributed by atoms with Gasteiger partial charge in [-0.15, -0.1) is 0 Å². The van der Waals surface area contributed by atoms with Gasteiger partial charge >= 0.3 is 12.1 Å². The summed E-state index contributed by atoms with van der Waals surface area (Å²) < 4.78 is 45.4. The Morgan fingerprint density at radius 1 is 1.33 bits per heavy atom. The van der Waals surface area contributed by atoms with Gasteiger partial charge in [-0.2, -0.15) is 18.2 Å². The van der Waals surface area contributed by atoms with Gasteiger partial charge in [0.15, 0.2) is 0 Å². The van der Waals surface area contributed by atoms with Gasteiger partial charge in [-0.1, -0.05) is 17.3 Å². The maximum absolute atomic E-state index is 12.2. The summed E-state index contributed by atoms with van der Waals surface area (Å²) in [6.07, 6.45) is -4.69. The summed E-state index contributed by atoms with van der Waals surface area (Å²) in [7, 11) is 0. The Morgan fingerprint density at radius 2 is 2.11 bits per heavy atom. The predicted octanol–water partition coefficient (Wildman–Crippen LogP) is 2.29. The number of nitrogens with zero attached hydrogens (tertiary/aromatic N) is 2. The predicted molar refractivity (Wildman–Crippen MR) is 51.4 cm³/mol. The van der Waals surface area contributed by atoms with Gasteiger partial charge in [-0.05, 0) is 12.1 Å². The molecule has 0 aliphatic heterocycles. The molecule has 0 N–H and O–H groups in total. The molecule has 0 unspecified atom stereocenters. The van der Waals surface area contributed by atoms with E-state index in [2.05, 4.69) is 19.4 Å². The van der Waals surface area contributed by atoms with Crippen molar-refractivity contribution >= 4 is 6.47 Å². The Bertz CT molecular complexity index is 565. The van der Waals surface area contributed by atoms with Crippen LogP contribution in [0.2, 0.25) is 0 Å². The van der Waals surface area contributed by atoms with Gasteiger partial charge in [0.05, 0.1) is 0 Å². The van der Waals surface area contributed by atoms with Crippen molar-refractivity contribution in [2.45, 2.75) is 6.18 Å². The number of alkyl halides is 3. The van der Waals surface area contributed by atoms with Crippen molar-refractivity contribution < 1.29 is 27.2 Å². The summed E-state index contributed by atoms with van der Waals surface area (Å²) in [5.41, 5.74) is 0.244. The van der Waals surface area contributed by atoms with E-state index in [4.69, 9.17) is 0 Å². The molecule has 1 aromatic carbocycles. The second-order valence-corrected chi connectivity index (χ2v) is 3.16. The van der Waals surface area contributed by atoms with E-state index in [0.717, 1.165) is 0 Å². The summed E-state index contributed by atoms with van der Waals surface area (Å²) >= 11 is 0. The third-order valence-corrected chi connectivity index (χ3v) is 1.94. The lowest BCUT2D eigenvalue weighted by atomic mass is 10.2. The van der Waals surface area contributed by atoms with Crippen LogP contribution >= 0.6 is 0 Å². The molecule has 0 aliphatic carbocycles. The van der Waals surface area contributed by atoms with Crippen LogP contribution in [0.25, 0.3) is 11.4 Å². The summed E-state index contributed by atoms with van der Waals surface area (Å²) in [5.74, 6) is -1.50. The largest absolute Gasteiger partial charge is 0.471 e. The number of hydrogen-bond donors (Lipinski definition) is 0. The van der Waals surface area contributed by atoms with E-state index >= 15 is 0 Å². The Labute approximate surface area is 98.2 Å². The molecule has 0 saturated carbocycles. The highest BCUT2D eigenvalue weighted by atomic mass is 19.4. The minimum Gasteiger partial charge on any atom is -0.429 e. The molecule has 2 aromatic rings. The molecule has 8 heteroatoms. The topological polar surface area (TPSA) is 65.2 Å². The van der Waals surface area contributed by atoms with Crippen LogP contribution < -0.4 is 4.74 Å². The third-order valence-electron chi connectivity index (χ3n) is 1.94. The summed E-state index contributed by atoms with van der Waals surface area (Å²) in [5, 5.41) is 3.20. The van der Waals surface area contributed by atoms with E-state index in [-0.39, 0.29) is 23.6 Å². The quantitative estimate of drug-likeness (QED) is 0.790. The lowest BCUT2D eigenvalue weighted by molar-refractivity contribution is -0.159. The maximum Gasteiger partial charge on any atom is 0.471 e. The van der Waals surface area contributed by atoms with Crippen LogP contribution in [0.3, 0.4) is 0 Å². The zero-order valence-corrected chi connectivity index (χ0v) is 8.64. The number of halogens is 3. The van der Waals surface area contributed by atoms with E-state index in [0.29, 0.717) is 0 Å². The molecule has 0 atom stereocenters. The SMILES string of the molecule is O=COc1cccc(-c2noc(C(F)(F)F)n2)c1. The molecule has 1 heterocycles. The molecule has 0 saturated heterocycles. The molecule has 1 aromatic heterocycles. The first-order chi connectivity index (χ1) is 8.50. The maximum atomic E-state index is 12.2. The minimum absolute atomic E-state index is 0.167. The molecule has 2 rings (SSSR count). The second kappa shape index (κ2) is 4.47. The number of aromatic nitrogens is 2. The zero-order valence-electron chi connectivity index (χ0n) is 8.64. The van der Waals surface area contributed by atoms with Gasteiger partial charge in [-0.25, -0.2) is 0 Å². The summed E-state index contributed by atoms with van der Waals surface area (Å²) in [4.78, 5) is 13.3. The molecule has 0 amide bonds. The molecule has 0 spiro atoms. The van der Waals surface area contributed by atoms with Crippen molar-refractivity contribution in [1.29, 1.82) is 0 Å². The van der Waals surface area contributed by atoms with E-state index in [1.807, 2.05) is 0 Å². The average molecular weight is 258 g/mol. The van der Waals surface area contributed by atoms with E-state index in [1.54, 1.807) is 0 Å². The molecule has 0 fully saturated rings. The lowest BCUT2D eigenvalue weighted by Crippen LogP contribution is -2.04. The molecule has 0 aliphatic rings. The van der Waals surface area contributed by atoms with Crippen LogP contribution in [0.1, 0.15) is 5.89 Å². The van der Waals surface area contributed by atoms with Crippen LogP contribution in [-0.4, -0.2) is 16.6 Å². The lowest BCUT2D eigenvalue weighted by Gasteiger charge is -1.99. The van der Waals surface area contributed by atoms with Crippen molar-refractivity contribution in [2.24, 2.45) is 0 Å². The highest BCUT2D eigenvalue weighted by Crippen LogP contribution is 2.29. The first-order valence-corrected chi connectivity index (χ1v) is 4.62. The molecule has 94 valence electrons. The van der Waals surface area contributed by atoms with Crippen LogP contribution in [0.15, 0.2) is 28.8 Å². The first-order valence-electron chi connectivity index (χ1n) is 4.62. The van der Waals surface area contributed by atoms with Gasteiger partial charge in [0, 0.05) is 5.56 Å². The van der Waals surface area contributed by atoms with Crippen molar-refractivity contribution in [3.8, 4) is 17.1 Å². The van der Waals surface area contributed by atoms with E-state index in [1.165, 1.54) is 24.3 Å². The monoisotopic (exact) mass is 258 g/mol. The smallest absolute Gasteiger partial charge is 0.429 e. The Balaban J connectivity index is 2.34. The van der Waals surface area contributed by atoms with Crippen LogP contribution in [0, 0.1) is 0 Å². The number of ether oxygens (including phenoxy) is 1. The fourth-order valence-electron chi connectivity index (χ4n) is 1.22. The first kappa shape index (κ1) is 12.1. The average Bonchev–Trinajstić information content (AvgIpc) is 2.78. The number of rotatable bonds is 3. The van der Waals surface area contributed by atoms with Crippen LogP contribution in [-0.2, 0) is 11.0 Å². The molecule has 18 heavy (non-hydrogen) atoms. The number of hydrogen-bond acceptors (Lipinski definition) is 5. The molecule has 0 bridgehead atoms. The molecule has 0 radical (unpaired) electrons. The van der Waals surface area contributed by atoms with E-state index in [9.17, 15) is 18.0 Å². The van der Waals surface area contributed by atoms with Crippen molar-refractivity contribution in [1.82, 2.24) is 10.1 Å². The highest BCUT2D eigenvalue weighted by Gasteiger charge is 2.38. The third kappa shape index (κ3) is 2.47. The van der Waals surface area contributed by atoms with E-state index < -0.39 is 12.1 Å². The summed E-state index contributed by atoms with van der Waals surface area (Å²) in [6.45, 7) is 0.205. The van der Waals surface area contributed by atoms with Gasteiger partial charge in [0.25, 0.3) is 6.47 Å². The molecular formula is C10H5F3N2O3.